The molecule has 2 aromatic heterocycles. The average Bonchev–Trinajstić information content (AvgIpc) is 2.55. The van der Waals surface area contributed by atoms with Crippen LogP contribution in [0.2, 0.25) is 0 Å². The Kier molecular flexibility index (Phi) is 5.71. The van der Waals surface area contributed by atoms with E-state index >= 15 is 0 Å². The lowest BCUT2D eigenvalue weighted by Crippen LogP contribution is -2.17. The van der Waals surface area contributed by atoms with Crippen molar-refractivity contribution in [2.24, 2.45) is 0 Å². The predicted molar refractivity (Wildman–Crippen MR) is 83.8 cm³/mol. The third-order valence-corrected chi connectivity index (χ3v) is 3.80. The number of methoxy groups -OCH3 is 1. The van der Waals surface area contributed by atoms with Crippen LogP contribution in [0.3, 0.4) is 0 Å². The van der Waals surface area contributed by atoms with E-state index in [9.17, 15) is 4.79 Å². The van der Waals surface area contributed by atoms with E-state index in [1.165, 1.54) is 18.9 Å². The molecule has 22 heavy (non-hydrogen) atoms. The lowest BCUT2D eigenvalue weighted by atomic mass is 10.3. The van der Waals surface area contributed by atoms with Gasteiger partial charge in [-0.15, -0.1) is 0 Å². The van der Waals surface area contributed by atoms with Crippen molar-refractivity contribution >= 4 is 17.7 Å². The van der Waals surface area contributed by atoms with E-state index in [1.807, 2.05) is 18.2 Å². The van der Waals surface area contributed by atoms with Crippen LogP contribution in [0.4, 0.5) is 0 Å². The first-order valence-electron chi connectivity index (χ1n) is 6.81. The summed E-state index contributed by atoms with van der Waals surface area (Å²) < 4.78 is 10.3. The zero-order valence-corrected chi connectivity index (χ0v) is 13.5. The molecule has 7 heteroatoms. The van der Waals surface area contributed by atoms with Gasteiger partial charge in [0, 0.05) is 6.20 Å². The van der Waals surface area contributed by atoms with Crippen molar-refractivity contribution in [2.75, 3.05) is 13.7 Å². The highest BCUT2D eigenvalue weighted by molar-refractivity contribution is 8.00. The first-order valence-corrected chi connectivity index (χ1v) is 7.69. The lowest BCUT2D eigenvalue weighted by Gasteiger charge is -2.12. The van der Waals surface area contributed by atoms with Crippen molar-refractivity contribution in [1.29, 1.82) is 0 Å². The Morgan fingerprint density at radius 2 is 2.18 bits per heavy atom. The summed E-state index contributed by atoms with van der Waals surface area (Å²) in [6.07, 6.45) is 3.26. The fraction of sp³-hybridized carbons (Fsp3) is 0.333. The molecule has 1 atom stereocenters. The molecule has 0 radical (unpaired) electrons. The number of hydrogen-bond acceptors (Lipinski definition) is 7. The molecule has 2 heterocycles. The van der Waals surface area contributed by atoms with E-state index in [4.69, 9.17) is 9.47 Å². The first kappa shape index (κ1) is 16.2. The molecule has 0 aliphatic carbocycles. The van der Waals surface area contributed by atoms with Crippen LogP contribution in [-0.2, 0) is 9.53 Å². The summed E-state index contributed by atoms with van der Waals surface area (Å²) >= 11 is 1.27. The summed E-state index contributed by atoms with van der Waals surface area (Å²) in [6, 6.07) is 5.51. The number of carbonyl (C=O) groups is 1. The smallest absolute Gasteiger partial charge is 0.319 e. The molecule has 0 unspecified atom stereocenters. The summed E-state index contributed by atoms with van der Waals surface area (Å²) in [4.78, 5) is 24.7. The summed E-state index contributed by atoms with van der Waals surface area (Å²) in [7, 11) is 1.54. The minimum Gasteiger partial charge on any atom is -0.492 e. The van der Waals surface area contributed by atoms with Crippen LogP contribution in [-0.4, -0.2) is 39.9 Å². The van der Waals surface area contributed by atoms with Crippen molar-refractivity contribution in [3.8, 4) is 17.3 Å². The second-order valence-electron chi connectivity index (χ2n) is 4.29. The Balaban J connectivity index is 2.27. The molecule has 0 amide bonds. The number of aromatic nitrogens is 3. The summed E-state index contributed by atoms with van der Waals surface area (Å²) in [6.45, 7) is 3.90. The van der Waals surface area contributed by atoms with Crippen molar-refractivity contribution in [3.63, 3.8) is 0 Å². The Hall–Kier alpha value is -2.15. The maximum atomic E-state index is 11.8. The molecule has 116 valence electrons. The Bertz CT molecular complexity index is 637. The largest absolute Gasteiger partial charge is 0.492 e. The standard InChI is InChI=1S/C15H17N3O3S/c1-4-21-15(19)10(2)22-14-12(20-3)9-17-13(18-14)11-7-5-6-8-16-11/h5-10H,4H2,1-3H3/t10-/m1/s1. The van der Waals surface area contributed by atoms with Gasteiger partial charge in [0.2, 0.25) is 0 Å². The van der Waals surface area contributed by atoms with Gasteiger partial charge in [0.15, 0.2) is 11.6 Å². The Labute approximate surface area is 133 Å². The van der Waals surface area contributed by atoms with Crippen LogP contribution in [0.15, 0.2) is 35.6 Å². The molecule has 0 aliphatic rings. The molecule has 0 fully saturated rings. The Morgan fingerprint density at radius 3 is 2.82 bits per heavy atom. The van der Waals surface area contributed by atoms with Crippen molar-refractivity contribution in [2.45, 2.75) is 24.1 Å². The predicted octanol–water partition coefficient (Wildman–Crippen LogP) is 2.59. The topological polar surface area (TPSA) is 74.2 Å². The summed E-state index contributed by atoms with van der Waals surface area (Å²) in [5.41, 5.74) is 0.663. The molecule has 2 rings (SSSR count). The highest BCUT2D eigenvalue weighted by Crippen LogP contribution is 2.31. The number of ether oxygens (including phenoxy) is 2. The second kappa shape index (κ2) is 7.74. The molecule has 0 aliphatic heterocycles. The molecule has 0 spiro atoms. The van der Waals surface area contributed by atoms with Gasteiger partial charge in [-0.05, 0) is 26.0 Å². The number of nitrogens with zero attached hydrogens (tertiary/aromatic N) is 3. The van der Waals surface area contributed by atoms with Gasteiger partial charge in [-0.2, -0.15) is 0 Å². The van der Waals surface area contributed by atoms with Crippen LogP contribution >= 0.6 is 11.8 Å². The maximum Gasteiger partial charge on any atom is 0.319 e. The van der Waals surface area contributed by atoms with Gasteiger partial charge in [0.1, 0.15) is 16.0 Å². The highest BCUT2D eigenvalue weighted by atomic mass is 32.2. The fourth-order valence-corrected chi connectivity index (χ4v) is 2.56. The molecule has 0 saturated carbocycles. The van der Waals surface area contributed by atoms with Crippen LogP contribution < -0.4 is 4.74 Å². The van der Waals surface area contributed by atoms with Crippen molar-refractivity contribution in [1.82, 2.24) is 15.0 Å². The molecule has 6 nitrogen and oxygen atoms in total. The normalized spacial score (nSPS) is 11.8. The van der Waals surface area contributed by atoms with Crippen LogP contribution in [0.25, 0.3) is 11.5 Å². The van der Waals surface area contributed by atoms with Gasteiger partial charge in [-0.25, -0.2) is 9.97 Å². The van der Waals surface area contributed by atoms with Gasteiger partial charge in [-0.3, -0.25) is 9.78 Å². The van der Waals surface area contributed by atoms with Gasteiger partial charge < -0.3 is 9.47 Å². The van der Waals surface area contributed by atoms with Crippen LogP contribution in [0.1, 0.15) is 13.8 Å². The third kappa shape index (κ3) is 3.94. The Morgan fingerprint density at radius 1 is 1.36 bits per heavy atom. The SMILES string of the molecule is CCOC(=O)[C@@H](C)Sc1nc(-c2ccccn2)ncc1OC. The van der Waals surface area contributed by atoms with Crippen LogP contribution in [0.5, 0.6) is 5.75 Å². The van der Waals surface area contributed by atoms with E-state index in [0.717, 1.165) is 0 Å². The minimum absolute atomic E-state index is 0.285. The average molecular weight is 319 g/mol. The number of hydrogen-bond donors (Lipinski definition) is 0. The molecular weight excluding hydrogens is 302 g/mol. The van der Waals surface area contributed by atoms with Gasteiger partial charge in [-0.1, -0.05) is 17.8 Å². The van der Waals surface area contributed by atoms with Gasteiger partial charge in [0.25, 0.3) is 0 Å². The minimum atomic E-state index is -0.389. The van der Waals surface area contributed by atoms with Crippen molar-refractivity contribution < 1.29 is 14.3 Å². The van der Waals surface area contributed by atoms with Crippen molar-refractivity contribution in [3.05, 3.63) is 30.6 Å². The molecular formula is C15H17N3O3S. The first-order chi connectivity index (χ1) is 10.7. The zero-order valence-electron chi connectivity index (χ0n) is 12.6. The van der Waals surface area contributed by atoms with E-state index < -0.39 is 0 Å². The second-order valence-corrected chi connectivity index (χ2v) is 5.62. The highest BCUT2D eigenvalue weighted by Gasteiger charge is 2.20. The van der Waals surface area contributed by atoms with Gasteiger partial charge in [0.05, 0.1) is 19.9 Å². The summed E-state index contributed by atoms with van der Waals surface area (Å²) in [5.74, 6) is 0.716. The van der Waals surface area contributed by atoms with E-state index in [1.54, 1.807) is 26.2 Å². The number of thioether (sulfide) groups is 1. The number of rotatable bonds is 6. The summed E-state index contributed by atoms with van der Waals surface area (Å²) in [5, 5.41) is 0.194. The zero-order chi connectivity index (χ0) is 15.9. The molecule has 0 bridgehead atoms. The molecule has 0 saturated heterocycles. The number of carbonyl (C=O) groups excluding carboxylic acids is 1. The monoisotopic (exact) mass is 319 g/mol. The van der Waals surface area contributed by atoms with Crippen LogP contribution in [0, 0.1) is 0 Å². The molecule has 0 aromatic carbocycles. The maximum absolute atomic E-state index is 11.8. The quantitative estimate of drug-likeness (QED) is 0.460. The van der Waals surface area contributed by atoms with E-state index in [2.05, 4.69) is 15.0 Å². The number of pyridine rings is 1. The molecule has 2 aromatic rings. The third-order valence-electron chi connectivity index (χ3n) is 2.74. The lowest BCUT2D eigenvalue weighted by molar-refractivity contribution is -0.142. The van der Waals surface area contributed by atoms with E-state index in [-0.39, 0.29) is 11.2 Å². The van der Waals surface area contributed by atoms with E-state index in [0.29, 0.717) is 28.9 Å². The fourth-order valence-electron chi connectivity index (χ4n) is 1.67. The number of esters is 1. The van der Waals surface area contributed by atoms with Gasteiger partial charge >= 0.3 is 5.97 Å². The molecule has 0 N–H and O–H groups in total.